The predicted octanol–water partition coefficient (Wildman–Crippen LogP) is 11.1. The minimum Gasteiger partial charge on any atom is -0.373 e. The van der Waals surface area contributed by atoms with Crippen LogP contribution in [0.2, 0.25) is 6.04 Å². The molecule has 242 valence electrons. The molecule has 0 atom stereocenters. The van der Waals surface area contributed by atoms with Crippen LogP contribution in [-0.4, -0.2) is 59.8 Å². The molecule has 4 nitrogen and oxygen atoms in total. The van der Waals surface area contributed by atoms with Crippen molar-refractivity contribution in [1.29, 1.82) is 0 Å². The molecule has 0 aromatic carbocycles. The van der Waals surface area contributed by atoms with Gasteiger partial charge in [-0.05, 0) is 44.9 Å². The third-order valence-corrected chi connectivity index (χ3v) is 11.3. The zero-order chi connectivity index (χ0) is 29.6. The Morgan fingerprint density at radius 2 is 0.675 bits per heavy atom. The second-order valence-corrected chi connectivity index (χ2v) is 15.5. The van der Waals surface area contributed by atoms with Gasteiger partial charge in [0.1, 0.15) is 0 Å². The molecule has 0 aliphatic rings. The first-order chi connectivity index (χ1) is 19.5. The number of unbranched alkanes of at least 4 members (excludes halogenated alkanes) is 16. The van der Waals surface area contributed by atoms with E-state index in [1.165, 1.54) is 140 Å². The summed E-state index contributed by atoms with van der Waals surface area (Å²) >= 11 is 0. The van der Waals surface area contributed by atoms with Crippen LogP contribution >= 0.6 is 0 Å². The van der Waals surface area contributed by atoms with Crippen LogP contribution in [0.3, 0.4) is 0 Å². The molecule has 0 N–H and O–H groups in total. The maximum atomic E-state index is 6.41. The molecule has 0 bridgehead atoms. The van der Waals surface area contributed by atoms with E-state index in [-0.39, 0.29) is 0 Å². The Balaban J connectivity index is 4.82. The van der Waals surface area contributed by atoms with Crippen molar-refractivity contribution in [3.05, 3.63) is 0 Å². The zero-order valence-corrected chi connectivity index (χ0v) is 29.7. The normalized spacial score (nSPS) is 12.4. The van der Waals surface area contributed by atoms with E-state index in [9.17, 15) is 0 Å². The summed E-state index contributed by atoms with van der Waals surface area (Å²) in [7, 11) is -0.0609. The van der Waals surface area contributed by atoms with Crippen molar-refractivity contribution in [3.63, 3.8) is 0 Å². The first-order valence-corrected chi connectivity index (χ1v) is 20.2. The van der Waals surface area contributed by atoms with Gasteiger partial charge in [-0.25, -0.2) is 0 Å². The van der Waals surface area contributed by atoms with Gasteiger partial charge in [0.05, 0.1) is 26.7 Å². The minimum absolute atomic E-state index is 0.753. The van der Waals surface area contributed by atoms with Gasteiger partial charge in [-0.2, -0.15) is 0 Å². The average Bonchev–Trinajstić information content (AvgIpc) is 2.96. The van der Waals surface area contributed by atoms with Crippen molar-refractivity contribution in [2.75, 3.05) is 46.5 Å². The molecule has 0 aliphatic heterocycles. The standard InChI is InChI=1S/C35H76NO3Si/c1-7-12-14-16-18-20-22-24-26-29-36(6,30-27-25-23-21-19-17-15-13-8-2)31-28-35-40(37-32-9-3,38-33-10-4)39-34-11-5/h7-35H2,1-6H3/q+1. The number of quaternary nitrogens is 1. The van der Waals surface area contributed by atoms with E-state index in [1.54, 1.807) is 0 Å². The van der Waals surface area contributed by atoms with Crippen molar-refractivity contribution in [3.8, 4) is 0 Å². The third-order valence-electron chi connectivity index (χ3n) is 8.36. The lowest BCUT2D eigenvalue weighted by Crippen LogP contribution is -2.50. The molecule has 0 saturated heterocycles. The zero-order valence-electron chi connectivity index (χ0n) is 28.7. The molecule has 0 fully saturated rings. The highest BCUT2D eigenvalue weighted by atomic mass is 28.4. The maximum absolute atomic E-state index is 6.41. The van der Waals surface area contributed by atoms with Gasteiger partial charge in [0.2, 0.25) is 0 Å². The van der Waals surface area contributed by atoms with Crippen molar-refractivity contribution < 1.29 is 17.8 Å². The first-order valence-electron chi connectivity index (χ1n) is 18.3. The molecule has 0 aliphatic carbocycles. The van der Waals surface area contributed by atoms with Gasteiger partial charge in [-0.1, -0.05) is 125 Å². The van der Waals surface area contributed by atoms with Crippen LogP contribution in [0.5, 0.6) is 0 Å². The lowest BCUT2D eigenvalue weighted by Gasteiger charge is -2.36. The van der Waals surface area contributed by atoms with Gasteiger partial charge >= 0.3 is 8.80 Å². The highest BCUT2D eigenvalue weighted by Crippen LogP contribution is 2.22. The van der Waals surface area contributed by atoms with Crippen molar-refractivity contribution in [2.24, 2.45) is 0 Å². The van der Waals surface area contributed by atoms with Gasteiger partial charge in [0.25, 0.3) is 0 Å². The Morgan fingerprint density at radius 1 is 0.375 bits per heavy atom. The van der Waals surface area contributed by atoms with Crippen LogP contribution in [0.1, 0.15) is 176 Å². The molecule has 0 radical (unpaired) electrons. The first kappa shape index (κ1) is 40.1. The van der Waals surface area contributed by atoms with Gasteiger partial charge in [-0.3, -0.25) is 0 Å². The highest BCUT2D eigenvalue weighted by Gasteiger charge is 2.41. The molecule has 0 heterocycles. The van der Waals surface area contributed by atoms with E-state index < -0.39 is 8.80 Å². The molecule has 0 rings (SSSR count). The van der Waals surface area contributed by atoms with Crippen molar-refractivity contribution in [2.45, 2.75) is 182 Å². The summed E-state index contributed by atoms with van der Waals surface area (Å²) in [4.78, 5) is 0. The van der Waals surface area contributed by atoms with Crippen LogP contribution < -0.4 is 0 Å². The molecule has 0 aromatic rings. The monoisotopic (exact) mass is 587 g/mol. The molecule has 0 saturated carbocycles. The van der Waals surface area contributed by atoms with E-state index in [0.717, 1.165) is 51.5 Å². The second-order valence-electron chi connectivity index (χ2n) is 12.8. The fourth-order valence-corrected chi connectivity index (χ4v) is 8.55. The fourth-order valence-electron chi connectivity index (χ4n) is 5.74. The van der Waals surface area contributed by atoms with E-state index in [1.807, 2.05) is 0 Å². The molecule has 0 spiro atoms. The Kier molecular flexibility index (Phi) is 29.2. The summed E-state index contributed by atoms with van der Waals surface area (Å²) < 4.78 is 20.4. The van der Waals surface area contributed by atoms with Crippen molar-refractivity contribution in [1.82, 2.24) is 0 Å². The van der Waals surface area contributed by atoms with Crippen LogP contribution in [-0.2, 0) is 13.3 Å². The van der Waals surface area contributed by atoms with E-state index in [2.05, 4.69) is 41.7 Å². The minimum atomic E-state index is -2.59. The number of nitrogens with zero attached hydrogens (tertiary/aromatic N) is 1. The summed E-state index contributed by atoms with van der Waals surface area (Å²) in [5.74, 6) is 0. The molecule has 5 heteroatoms. The van der Waals surface area contributed by atoms with Gasteiger partial charge in [0, 0.05) is 32.3 Å². The van der Waals surface area contributed by atoms with Crippen LogP contribution in [0.15, 0.2) is 0 Å². The third kappa shape index (κ3) is 23.6. The number of hydrogen-bond acceptors (Lipinski definition) is 3. The topological polar surface area (TPSA) is 27.7 Å². The molecule has 0 unspecified atom stereocenters. The maximum Gasteiger partial charge on any atom is 0.501 e. The van der Waals surface area contributed by atoms with E-state index >= 15 is 0 Å². The Labute approximate surface area is 254 Å². The molecule has 0 aromatic heterocycles. The van der Waals surface area contributed by atoms with Gasteiger partial charge < -0.3 is 17.8 Å². The van der Waals surface area contributed by atoms with Crippen LogP contribution in [0.25, 0.3) is 0 Å². The molecule has 40 heavy (non-hydrogen) atoms. The molecular weight excluding hydrogens is 510 g/mol. The average molecular weight is 587 g/mol. The SMILES string of the molecule is CCCCCCCCCCC[N+](C)(CCCCCCCCCCC)CCC[Si](OCCC)(OCCC)OCCC. The van der Waals surface area contributed by atoms with Gasteiger partial charge in [-0.15, -0.1) is 0 Å². The highest BCUT2D eigenvalue weighted by molar-refractivity contribution is 6.60. The number of hydrogen-bond donors (Lipinski definition) is 0. The fraction of sp³-hybridized carbons (Fsp3) is 1.00. The summed E-state index contributed by atoms with van der Waals surface area (Å²) in [6.07, 6.45) is 29.6. The number of rotatable bonds is 33. The quantitative estimate of drug-likeness (QED) is 0.0435. The van der Waals surface area contributed by atoms with Crippen LogP contribution in [0.4, 0.5) is 0 Å². The van der Waals surface area contributed by atoms with E-state index in [4.69, 9.17) is 13.3 Å². The van der Waals surface area contributed by atoms with Crippen LogP contribution in [0, 0.1) is 0 Å². The summed E-state index contributed by atoms with van der Waals surface area (Å²) in [5, 5.41) is 0. The van der Waals surface area contributed by atoms with Crippen molar-refractivity contribution >= 4 is 8.80 Å². The molecule has 0 amide bonds. The Bertz CT molecular complexity index is 461. The van der Waals surface area contributed by atoms with E-state index in [0.29, 0.717) is 0 Å². The Hall–Kier alpha value is 0.0569. The summed E-state index contributed by atoms with van der Waals surface area (Å²) in [5.41, 5.74) is 0. The lowest BCUT2D eigenvalue weighted by molar-refractivity contribution is -0.910. The van der Waals surface area contributed by atoms with Gasteiger partial charge in [0.15, 0.2) is 0 Å². The summed E-state index contributed by atoms with van der Waals surface area (Å²) in [6, 6.07) is 0.969. The second kappa shape index (κ2) is 29.1. The lowest BCUT2D eigenvalue weighted by atomic mass is 10.1. The molecular formula is C35H76NO3Si+. The largest absolute Gasteiger partial charge is 0.501 e. The predicted molar refractivity (Wildman–Crippen MR) is 179 cm³/mol. The smallest absolute Gasteiger partial charge is 0.373 e. The Morgan fingerprint density at radius 3 is 1.00 bits per heavy atom. The summed E-state index contributed by atoms with van der Waals surface area (Å²) in [6.45, 7) is 17.3.